The van der Waals surface area contributed by atoms with Gasteiger partial charge in [-0.2, -0.15) is 0 Å². The maximum absolute atomic E-state index is 12.8. The lowest BCUT2D eigenvalue weighted by atomic mass is 9.87. The van der Waals surface area contributed by atoms with Gasteiger partial charge in [0.1, 0.15) is 72.5 Å². The van der Waals surface area contributed by atoms with Crippen LogP contribution in [0.4, 0.5) is 11.6 Å². The lowest BCUT2D eigenvalue weighted by molar-refractivity contribution is -0.349. The van der Waals surface area contributed by atoms with E-state index in [0.29, 0.717) is 12.8 Å². The van der Waals surface area contributed by atoms with Crippen molar-refractivity contribution in [1.82, 2.24) is 60.3 Å². The molecule has 2 aliphatic rings. The number of ether oxygens (including phenoxy) is 2. The highest BCUT2D eigenvalue weighted by molar-refractivity contribution is 7.60. The number of unbranched alkanes of at least 4 members (excludes halogenated alkanes) is 1. The number of anilines is 2. The third-order valence-corrected chi connectivity index (χ3v) is 20.3. The number of hydrogen-bond acceptors (Lipinski definition) is 40. The lowest BCUT2D eigenvalue weighted by Crippen LogP contribution is -2.46. The number of phosphoric ester groups is 6. The molecule has 12 N–H and O–H groups in total. The molecule has 0 saturated carbocycles. The zero-order valence-corrected chi connectivity index (χ0v) is 56.4. The van der Waals surface area contributed by atoms with Gasteiger partial charge in [-0.15, -0.1) is 0 Å². The number of nitrogens with two attached hydrogens (primary N) is 2. The van der Waals surface area contributed by atoms with Crippen molar-refractivity contribution in [3.8, 4) is 0 Å². The fourth-order valence-corrected chi connectivity index (χ4v) is 14.6. The highest BCUT2D eigenvalue weighted by atomic mass is 31.3. The standard InChI is InChI=1S/C44H74N14O32P6/c1-41(2,17-83-95(77,78)89-93(73,74)81-15-23-29(87-91(67,68)69)31(61)43(5,85-23)57-21-55-27-35(45)51-19-53-37(27)57)33(63)39(65)49-13-9-25(59)47-11-7-8-12-48-26(60)10-14-50-40(66)34(64)42(3,4)18-84-96(79,80)90-94(75,76)82-16-24-30(88-92(70,71)72)32(62)44(6,86-24)58-22-56-28-36(46)52-20-54-38(28)58/h19-24,29-34,61-64H,7-18H2,1-6H3,(H,47,59)(H,48,60)(H,49,65)(H,50,66)(H,73,74)(H,75,76)(H,77,78)(H,79,80)(H2,45,51,53)(H2,46,52,54)(H2,67,68,69)(H2,70,71,72)/p-8. The molecule has 6 rings (SSSR count). The molecule has 0 bridgehead atoms. The molecule has 0 aromatic carbocycles. The average Bonchev–Trinajstić information content (AvgIpc) is 1.59. The molecule has 2 fully saturated rings. The molecular weight excluding hydrogens is 1420 g/mol. The highest BCUT2D eigenvalue weighted by Gasteiger charge is 2.57. The van der Waals surface area contributed by atoms with Gasteiger partial charge in [0.25, 0.3) is 31.3 Å². The number of aromatic nitrogens is 8. The second-order valence-electron chi connectivity index (χ2n) is 22.8. The second kappa shape index (κ2) is 31.3. The molecule has 96 heavy (non-hydrogen) atoms. The number of amides is 4. The molecule has 0 aliphatic carbocycles. The van der Waals surface area contributed by atoms with E-state index in [0.717, 1.165) is 76.0 Å². The Balaban J connectivity index is 0.828. The van der Waals surface area contributed by atoms with Crippen molar-refractivity contribution in [3.05, 3.63) is 25.3 Å². The Morgan fingerprint density at radius 3 is 1.23 bits per heavy atom. The molecular formula is C44H66N14O32P6-8. The Bertz CT molecular complexity index is 3510. The molecule has 542 valence electrons. The number of aliphatic hydroxyl groups is 4. The topological polar surface area (TPSA) is 716 Å². The van der Waals surface area contributed by atoms with Gasteiger partial charge in [-0.3, -0.25) is 46.6 Å². The summed E-state index contributed by atoms with van der Waals surface area (Å²) in [5, 5.41) is 53.2. The molecule has 14 unspecified atom stereocenters. The van der Waals surface area contributed by atoms with Crippen LogP contribution >= 0.6 is 46.9 Å². The van der Waals surface area contributed by atoms with Crippen LogP contribution in [0.15, 0.2) is 25.3 Å². The molecule has 2 saturated heterocycles. The fourth-order valence-electron chi connectivity index (χ4n) is 9.17. The van der Waals surface area contributed by atoms with Crippen molar-refractivity contribution in [2.75, 3.05) is 64.1 Å². The van der Waals surface area contributed by atoms with Gasteiger partial charge < -0.3 is 138 Å². The number of rotatable bonds is 37. The Hall–Kier alpha value is -4.92. The predicted octanol–water partition coefficient (Wildman–Crippen LogP) is -8.10. The summed E-state index contributed by atoms with van der Waals surface area (Å²) < 4.78 is 123. The van der Waals surface area contributed by atoms with Crippen LogP contribution in [-0.4, -0.2) is 185 Å². The molecule has 4 aromatic heterocycles. The molecule has 0 spiro atoms. The summed E-state index contributed by atoms with van der Waals surface area (Å²) in [7, 11) is -35.8. The van der Waals surface area contributed by atoms with Crippen LogP contribution in [0.5, 0.6) is 0 Å². The van der Waals surface area contributed by atoms with Gasteiger partial charge in [0, 0.05) is 49.9 Å². The summed E-state index contributed by atoms with van der Waals surface area (Å²) in [6.07, 6.45) is -12.5. The van der Waals surface area contributed by atoms with Crippen LogP contribution in [0.2, 0.25) is 0 Å². The average molecular weight is 1490 g/mol. The molecule has 52 heteroatoms. The minimum atomic E-state index is -6.03. The number of nitrogens with zero attached hydrogens (tertiary/aromatic N) is 8. The maximum atomic E-state index is 12.8. The zero-order chi connectivity index (χ0) is 72.0. The molecule has 46 nitrogen and oxygen atoms in total. The van der Waals surface area contributed by atoms with Crippen molar-refractivity contribution in [1.29, 1.82) is 0 Å². The maximum Gasteiger partial charge on any atom is 0.274 e. The first kappa shape index (κ1) is 80.1. The van der Waals surface area contributed by atoms with Crippen LogP contribution in [0.3, 0.4) is 0 Å². The lowest BCUT2D eigenvalue weighted by Gasteiger charge is -2.36. The summed E-state index contributed by atoms with van der Waals surface area (Å²) in [6.45, 7) is 1.44. The summed E-state index contributed by atoms with van der Waals surface area (Å²) in [6, 6.07) is 0. The van der Waals surface area contributed by atoms with Gasteiger partial charge in [0.05, 0.1) is 54.7 Å². The second-order valence-corrected chi connectivity index (χ2v) is 30.9. The number of nitrogens with one attached hydrogen (secondary N) is 4. The molecule has 4 amide bonds. The first-order valence-electron chi connectivity index (χ1n) is 27.8. The van der Waals surface area contributed by atoms with Gasteiger partial charge in [-0.1, -0.05) is 27.7 Å². The number of hydrogen-bond donors (Lipinski definition) is 10. The third-order valence-electron chi connectivity index (χ3n) is 14.3. The van der Waals surface area contributed by atoms with Crippen LogP contribution < -0.4 is 71.9 Å². The van der Waals surface area contributed by atoms with Gasteiger partial charge in [0.2, 0.25) is 23.6 Å². The minimum absolute atomic E-state index is 0.00488. The van der Waals surface area contributed by atoms with E-state index in [4.69, 9.17) is 20.9 Å². The van der Waals surface area contributed by atoms with Crippen LogP contribution in [0.25, 0.3) is 22.3 Å². The molecule has 2 aliphatic heterocycles. The smallest absolute Gasteiger partial charge is 0.274 e. The van der Waals surface area contributed by atoms with Crippen molar-refractivity contribution in [2.24, 2.45) is 10.8 Å². The third kappa shape index (κ3) is 21.3. The van der Waals surface area contributed by atoms with Crippen molar-refractivity contribution >= 4 is 105 Å². The number of nitrogen functional groups attached to an aromatic ring is 2. The minimum Gasteiger partial charge on any atom is -0.790 e. The van der Waals surface area contributed by atoms with Crippen molar-refractivity contribution in [3.63, 3.8) is 0 Å². The normalized spacial score (nSPS) is 25.1. The quantitative estimate of drug-likeness (QED) is 0.0148. The van der Waals surface area contributed by atoms with E-state index in [-0.39, 0.29) is 73.0 Å². The summed E-state index contributed by atoms with van der Waals surface area (Å²) >= 11 is 0. The van der Waals surface area contributed by atoms with Crippen molar-refractivity contribution < 1.29 is 151 Å². The Labute approximate surface area is 542 Å². The van der Waals surface area contributed by atoms with Gasteiger partial charge in [-0.05, 0) is 26.7 Å². The number of carbonyl (C=O) groups excluding carboxylic acids is 4. The van der Waals surface area contributed by atoms with Crippen molar-refractivity contribution in [2.45, 2.75) is 128 Å². The first-order valence-corrected chi connectivity index (χ1v) is 36.6. The van der Waals surface area contributed by atoms with Gasteiger partial charge in [-0.25, -0.2) is 38.5 Å². The van der Waals surface area contributed by atoms with E-state index in [1.54, 1.807) is 0 Å². The van der Waals surface area contributed by atoms with Crippen LogP contribution in [-0.2, 0) is 103 Å². The van der Waals surface area contributed by atoms with E-state index in [1.807, 2.05) is 0 Å². The van der Waals surface area contributed by atoms with E-state index in [9.17, 15) is 106 Å². The van der Waals surface area contributed by atoms with E-state index < -0.39 is 168 Å². The molecule has 6 heterocycles. The van der Waals surface area contributed by atoms with Gasteiger partial charge >= 0.3 is 0 Å². The number of fused-ring (bicyclic) bond motifs is 2. The van der Waals surface area contributed by atoms with Gasteiger partial charge in [0.15, 0.2) is 34.4 Å². The Morgan fingerprint density at radius 1 is 0.562 bits per heavy atom. The number of carbonyl (C=O) groups is 4. The largest absolute Gasteiger partial charge is 0.790 e. The number of imidazole rings is 2. The van der Waals surface area contributed by atoms with E-state index >= 15 is 0 Å². The Kier molecular flexibility index (Phi) is 26.1. The van der Waals surface area contributed by atoms with Crippen LogP contribution in [0, 0.1) is 10.8 Å². The highest BCUT2D eigenvalue weighted by Crippen LogP contribution is 2.58. The monoisotopic (exact) mass is 1490 g/mol. The fraction of sp³-hybridized carbons (Fsp3) is 0.682. The summed E-state index contributed by atoms with van der Waals surface area (Å²) in [5.41, 5.74) is 3.58. The number of aliphatic hydroxyl groups excluding tert-OH is 4. The SMILES string of the molecule is CC(C)(COP(=O)([O-])OP(=O)([O-])OCC1OC(C)(n2cnc3c(N)ncnc32)C(O)C1OP(=O)([O-])[O-])C(O)C(=O)NCCC(=O)NCCCCNC(=O)CCNC(=O)C(O)C(C)(C)COP(=O)([O-])OP(=O)([O-])OCC1OC(C)(n2cnc3c(N)ncnc32)C(O)C1OP(=O)([O-])[O-]. The number of phosphoric acid groups is 6. The summed E-state index contributed by atoms with van der Waals surface area (Å²) in [5.74, 6) is -3.62. The molecule has 4 aromatic rings. The van der Waals surface area contributed by atoms with E-state index in [1.165, 1.54) is 0 Å². The van der Waals surface area contributed by atoms with Crippen LogP contribution in [0.1, 0.15) is 67.2 Å². The van der Waals surface area contributed by atoms with E-state index in [2.05, 4.69) is 86.9 Å². The Morgan fingerprint density at radius 2 is 0.896 bits per heavy atom. The zero-order valence-electron chi connectivity index (χ0n) is 51.0. The predicted molar refractivity (Wildman–Crippen MR) is 300 cm³/mol. The summed E-state index contributed by atoms with van der Waals surface area (Å²) in [4.78, 5) is 171. The molecule has 14 atom stereocenters. The molecule has 0 radical (unpaired) electrons. The first-order chi connectivity index (χ1) is 44.1.